The number of hydrogen-bond donors (Lipinski definition) is 2. The fraction of sp³-hybridized carbons (Fsp3) is 0.300. The third-order valence-electron chi connectivity index (χ3n) is 1.99. The summed E-state index contributed by atoms with van der Waals surface area (Å²) in [5.74, 6) is -1.38. The van der Waals surface area contributed by atoms with Gasteiger partial charge in [0.15, 0.2) is 0 Å². The van der Waals surface area contributed by atoms with E-state index < -0.39 is 22.2 Å². The number of anilines is 1. The van der Waals surface area contributed by atoms with Crippen LogP contribution in [0.1, 0.15) is 13.8 Å². The van der Waals surface area contributed by atoms with Crippen molar-refractivity contribution in [2.45, 2.75) is 19.4 Å². The maximum atomic E-state index is 13.3. The molecule has 1 aromatic rings. The van der Waals surface area contributed by atoms with Gasteiger partial charge < -0.3 is 11.1 Å². The van der Waals surface area contributed by atoms with Gasteiger partial charge in [-0.1, -0.05) is 0 Å². The van der Waals surface area contributed by atoms with Crippen LogP contribution in [0, 0.1) is 15.9 Å². The molecule has 0 bridgehead atoms. The van der Waals surface area contributed by atoms with Gasteiger partial charge in [-0.05, 0) is 19.9 Å². The predicted molar refractivity (Wildman–Crippen MR) is 60.0 cm³/mol. The standard InChI is InChI=1S/C10H12FN3O3/c1-10(2,12)9(15)13-8-5-6(14(16)17)3-4-7(8)11/h3-5H,12H2,1-2H3,(H,13,15). The summed E-state index contributed by atoms with van der Waals surface area (Å²) >= 11 is 0. The molecule has 0 atom stereocenters. The summed E-state index contributed by atoms with van der Waals surface area (Å²) in [6.45, 7) is 2.88. The molecule has 0 aromatic heterocycles. The number of nitro groups is 1. The molecular weight excluding hydrogens is 229 g/mol. The molecule has 0 unspecified atom stereocenters. The van der Waals surface area contributed by atoms with Crippen molar-refractivity contribution >= 4 is 17.3 Å². The average Bonchev–Trinajstić information content (AvgIpc) is 2.19. The zero-order valence-corrected chi connectivity index (χ0v) is 9.36. The molecule has 0 saturated heterocycles. The number of carbonyl (C=O) groups excluding carboxylic acids is 1. The van der Waals surface area contributed by atoms with Crippen LogP contribution < -0.4 is 11.1 Å². The Kier molecular flexibility index (Phi) is 3.42. The first-order valence-corrected chi connectivity index (χ1v) is 4.76. The molecule has 6 nitrogen and oxygen atoms in total. The number of nitrogens with two attached hydrogens (primary N) is 1. The minimum absolute atomic E-state index is 0.261. The van der Waals surface area contributed by atoms with Crippen LogP contribution >= 0.6 is 0 Å². The highest BCUT2D eigenvalue weighted by atomic mass is 19.1. The van der Waals surface area contributed by atoms with E-state index in [2.05, 4.69) is 5.32 Å². The normalized spacial score (nSPS) is 11.1. The highest BCUT2D eigenvalue weighted by Gasteiger charge is 2.23. The first-order chi connectivity index (χ1) is 7.71. The first kappa shape index (κ1) is 13.0. The van der Waals surface area contributed by atoms with Crippen LogP contribution in [0.15, 0.2) is 18.2 Å². The number of hydrogen-bond acceptors (Lipinski definition) is 4. The lowest BCUT2D eigenvalue weighted by Crippen LogP contribution is -2.45. The van der Waals surface area contributed by atoms with Crippen molar-refractivity contribution in [3.8, 4) is 0 Å². The molecule has 17 heavy (non-hydrogen) atoms. The van der Waals surface area contributed by atoms with E-state index in [1.165, 1.54) is 13.8 Å². The second-order valence-electron chi connectivity index (χ2n) is 4.10. The van der Waals surface area contributed by atoms with Crippen molar-refractivity contribution in [2.75, 3.05) is 5.32 Å². The SMILES string of the molecule is CC(C)(N)C(=O)Nc1cc([N+](=O)[O-])ccc1F. The number of nitro benzene ring substituents is 1. The van der Waals surface area contributed by atoms with E-state index in [0.717, 1.165) is 18.2 Å². The van der Waals surface area contributed by atoms with E-state index in [1.807, 2.05) is 0 Å². The van der Waals surface area contributed by atoms with Crippen LogP contribution in [0.3, 0.4) is 0 Å². The van der Waals surface area contributed by atoms with Gasteiger partial charge in [0, 0.05) is 12.1 Å². The summed E-state index contributed by atoms with van der Waals surface area (Å²) in [5.41, 5.74) is 3.74. The Labute approximate surface area is 96.8 Å². The van der Waals surface area contributed by atoms with Crippen molar-refractivity contribution in [2.24, 2.45) is 5.73 Å². The minimum Gasteiger partial charge on any atom is -0.322 e. The maximum Gasteiger partial charge on any atom is 0.271 e. The Balaban J connectivity index is 3.02. The lowest BCUT2D eigenvalue weighted by Gasteiger charge is -2.17. The molecule has 0 saturated carbocycles. The molecule has 0 aliphatic heterocycles. The molecular formula is C10H12FN3O3. The Morgan fingerprint density at radius 2 is 2.12 bits per heavy atom. The Morgan fingerprint density at radius 3 is 2.59 bits per heavy atom. The summed E-state index contributed by atoms with van der Waals surface area (Å²) in [6.07, 6.45) is 0. The van der Waals surface area contributed by atoms with E-state index in [1.54, 1.807) is 0 Å². The molecule has 1 aromatic carbocycles. The van der Waals surface area contributed by atoms with E-state index in [-0.39, 0.29) is 11.4 Å². The zero-order valence-electron chi connectivity index (χ0n) is 9.36. The molecule has 7 heteroatoms. The summed E-state index contributed by atoms with van der Waals surface area (Å²) in [6, 6.07) is 2.87. The summed E-state index contributed by atoms with van der Waals surface area (Å²) in [4.78, 5) is 21.3. The number of nitrogens with zero attached hydrogens (tertiary/aromatic N) is 1. The Bertz CT molecular complexity index is 468. The van der Waals surface area contributed by atoms with Crippen molar-refractivity contribution in [3.05, 3.63) is 34.1 Å². The molecule has 1 rings (SSSR count). The number of non-ortho nitro benzene ring substituents is 1. The summed E-state index contributed by atoms with van der Waals surface area (Å²) in [7, 11) is 0. The quantitative estimate of drug-likeness (QED) is 0.617. The van der Waals surface area contributed by atoms with Gasteiger partial charge in [-0.2, -0.15) is 0 Å². The molecule has 0 spiro atoms. The highest BCUT2D eigenvalue weighted by molar-refractivity contribution is 5.97. The Hall–Kier alpha value is -2.02. The number of rotatable bonds is 3. The van der Waals surface area contributed by atoms with Crippen molar-refractivity contribution in [3.63, 3.8) is 0 Å². The topological polar surface area (TPSA) is 98.3 Å². The third-order valence-corrected chi connectivity index (χ3v) is 1.99. The smallest absolute Gasteiger partial charge is 0.271 e. The number of benzene rings is 1. The van der Waals surface area contributed by atoms with Crippen molar-refractivity contribution in [1.82, 2.24) is 0 Å². The van der Waals surface area contributed by atoms with Gasteiger partial charge in [0.1, 0.15) is 5.82 Å². The van der Waals surface area contributed by atoms with Crippen LogP contribution in [0.4, 0.5) is 15.8 Å². The molecule has 0 radical (unpaired) electrons. The van der Waals surface area contributed by atoms with Gasteiger partial charge >= 0.3 is 0 Å². The molecule has 0 fully saturated rings. The zero-order chi connectivity index (χ0) is 13.2. The van der Waals surface area contributed by atoms with E-state index in [9.17, 15) is 19.3 Å². The van der Waals surface area contributed by atoms with E-state index in [4.69, 9.17) is 5.73 Å². The maximum absolute atomic E-state index is 13.3. The fourth-order valence-electron chi connectivity index (χ4n) is 1.01. The van der Waals surface area contributed by atoms with Crippen molar-refractivity contribution < 1.29 is 14.1 Å². The molecule has 92 valence electrons. The highest BCUT2D eigenvalue weighted by Crippen LogP contribution is 2.21. The number of amides is 1. The van der Waals surface area contributed by atoms with Gasteiger partial charge in [0.25, 0.3) is 5.69 Å². The molecule has 0 aliphatic carbocycles. The largest absolute Gasteiger partial charge is 0.322 e. The monoisotopic (exact) mass is 241 g/mol. The summed E-state index contributed by atoms with van der Waals surface area (Å²) < 4.78 is 13.3. The van der Waals surface area contributed by atoms with E-state index >= 15 is 0 Å². The molecule has 0 heterocycles. The lowest BCUT2D eigenvalue weighted by molar-refractivity contribution is -0.384. The van der Waals surface area contributed by atoms with Gasteiger partial charge in [-0.3, -0.25) is 14.9 Å². The van der Waals surface area contributed by atoms with Crippen molar-refractivity contribution in [1.29, 1.82) is 0 Å². The molecule has 1 amide bonds. The Morgan fingerprint density at radius 1 is 1.53 bits per heavy atom. The lowest BCUT2D eigenvalue weighted by atomic mass is 10.1. The molecule has 3 N–H and O–H groups in total. The first-order valence-electron chi connectivity index (χ1n) is 4.76. The van der Waals surface area contributed by atoms with Gasteiger partial charge in [0.2, 0.25) is 5.91 Å². The number of carbonyl (C=O) groups is 1. The van der Waals surface area contributed by atoms with Crippen LogP contribution in [0.25, 0.3) is 0 Å². The minimum atomic E-state index is -1.20. The second kappa shape index (κ2) is 4.46. The van der Waals surface area contributed by atoms with Gasteiger partial charge in [-0.15, -0.1) is 0 Å². The van der Waals surface area contributed by atoms with E-state index in [0.29, 0.717) is 0 Å². The number of halogens is 1. The van der Waals surface area contributed by atoms with Crippen LogP contribution in [0.5, 0.6) is 0 Å². The van der Waals surface area contributed by atoms with Crippen LogP contribution in [0.2, 0.25) is 0 Å². The van der Waals surface area contributed by atoms with Gasteiger partial charge in [-0.25, -0.2) is 4.39 Å². The van der Waals surface area contributed by atoms with Crippen LogP contribution in [-0.4, -0.2) is 16.4 Å². The van der Waals surface area contributed by atoms with Crippen LogP contribution in [-0.2, 0) is 4.79 Å². The third kappa shape index (κ3) is 3.22. The average molecular weight is 241 g/mol. The van der Waals surface area contributed by atoms with Gasteiger partial charge in [0.05, 0.1) is 16.1 Å². The number of nitrogens with one attached hydrogen (secondary N) is 1. The fourth-order valence-corrected chi connectivity index (χ4v) is 1.01. The summed E-state index contributed by atoms with van der Waals surface area (Å²) in [5, 5.41) is 12.7. The predicted octanol–water partition coefficient (Wildman–Crippen LogP) is 1.41. The second-order valence-corrected chi connectivity index (χ2v) is 4.10. The molecule has 0 aliphatic rings.